The molecule has 0 unspecified atom stereocenters. The first-order chi connectivity index (χ1) is 24.3. The minimum absolute atomic E-state index is 0.0478. The van der Waals surface area contributed by atoms with Crippen molar-refractivity contribution in [3.63, 3.8) is 0 Å². The molecule has 2 aromatic carbocycles. The molecule has 0 amide bonds. The molecule has 0 saturated carbocycles. The van der Waals surface area contributed by atoms with Gasteiger partial charge in [-0.15, -0.1) is 0 Å². The Morgan fingerprint density at radius 2 is 0.560 bits per heavy atom. The second-order valence-corrected chi connectivity index (χ2v) is 17.3. The summed E-state index contributed by atoms with van der Waals surface area (Å²) in [5, 5.41) is 0. The lowest BCUT2D eigenvalue weighted by atomic mass is 9.60. The minimum Gasteiger partial charge on any atom is -0.0654 e. The highest BCUT2D eigenvalue weighted by molar-refractivity contribution is 5.39. The van der Waals surface area contributed by atoms with Crippen molar-refractivity contribution in [2.75, 3.05) is 0 Å². The van der Waals surface area contributed by atoms with Crippen LogP contribution in [-0.4, -0.2) is 0 Å². The molecule has 2 rings (SSSR count). The fourth-order valence-electron chi connectivity index (χ4n) is 8.00. The zero-order valence-corrected chi connectivity index (χ0v) is 34.8. The molecule has 0 nitrogen and oxygen atoms in total. The van der Waals surface area contributed by atoms with Gasteiger partial charge in [0.1, 0.15) is 0 Å². The highest BCUT2D eigenvalue weighted by Gasteiger charge is 2.39. The first-order valence-corrected chi connectivity index (χ1v) is 22.5. The van der Waals surface area contributed by atoms with Gasteiger partial charge >= 0.3 is 0 Å². The molecular formula is C50H86. The van der Waals surface area contributed by atoms with Crippen molar-refractivity contribution in [3.8, 4) is 0 Å². The van der Waals surface area contributed by atoms with Gasteiger partial charge in [0, 0.05) is 0 Å². The van der Waals surface area contributed by atoms with E-state index >= 15 is 0 Å². The minimum atomic E-state index is 0.0478. The fourth-order valence-corrected chi connectivity index (χ4v) is 8.00. The van der Waals surface area contributed by atoms with Crippen LogP contribution in [-0.2, 0) is 23.7 Å². The highest BCUT2D eigenvalue weighted by Crippen LogP contribution is 2.44. The molecule has 50 heavy (non-hydrogen) atoms. The second kappa shape index (κ2) is 28.0. The fraction of sp³-hybridized carbons (Fsp3) is 0.760. The molecule has 2 aromatic rings. The van der Waals surface area contributed by atoms with Crippen LogP contribution in [0.25, 0.3) is 0 Å². The summed E-state index contributed by atoms with van der Waals surface area (Å²) in [4.78, 5) is 0. The smallest absolute Gasteiger partial charge is 0.00119 e. The summed E-state index contributed by atoms with van der Waals surface area (Å²) in [6.45, 7) is 14.5. The monoisotopic (exact) mass is 687 g/mol. The Labute approximate surface area is 314 Å². The molecule has 286 valence electrons. The van der Waals surface area contributed by atoms with Crippen LogP contribution in [0.4, 0.5) is 0 Å². The van der Waals surface area contributed by atoms with Crippen LogP contribution in [0.3, 0.4) is 0 Å². The van der Waals surface area contributed by atoms with Crippen molar-refractivity contribution in [2.45, 2.75) is 245 Å². The third-order valence-electron chi connectivity index (χ3n) is 12.5. The van der Waals surface area contributed by atoms with Gasteiger partial charge in [-0.25, -0.2) is 0 Å². The number of unbranched alkanes of at least 4 members (excludes halogenated alkanes) is 26. The Balaban J connectivity index is 1.66. The average molecular weight is 687 g/mol. The van der Waals surface area contributed by atoms with Gasteiger partial charge < -0.3 is 0 Å². The molecule has 0 saturated heterocycles. The van der Waals surface area contributed by atoms with Crippen molar-refractivity contribution in [1.82, 2.24) is 0 Å². The van der Waals surface area contributed by atoms with Crippen molar-refractivity contribution in [2.24, 2.45) is 0 Å². The molecular weight excluding hydrogens is 601 g/mol. The normalized spacial score (nSPS) is 12.2. The van der Waals surface area contributed by atoms with E-state index in [1.807, 2.05) is 0 Å². The molecule has 0 spiro atoms. The summed E-state index contributed by atoms with van der Waals surface area (Å²) in [6, 6.07) is 19.2. The summed E-state index contributed by atoms with van der Waals surface area (Å²) in [6.07, 6.45) is 42.3. The van der Waals surface area contributed by atoms with Gasteiger partial charge in [0.25, 0.3) is 0 Å². The molecule has 0 aromatic heterocycles. The van der Waals surface area contributed by atoms with E-state index in [0.29, 0.717) is 0 Å². The predicted octanol–water partition coefficient (Wildman–Crippen LogP) is 17.0. The number of rotatable bonds is 33. The van der Waals surface area contributed by atoms with Crippen LogP contribution in [0, 0.1) is 0 Å². The predicted molar refractivity (Wildman–Crippen MR) is 227 cm³/mol. The van der Waals surface area contributed by atoms with Gasteiger partial charge in [-0.3, -0.25) is 0 Å². The van der Waals surface area contributed by atoms with E-state index in [1.54, 1.807) is 0 Å². The van der Waals surface area contributed by atoms with Gasteiger partial charge in [0.2, 0.25) is 0 Å². The topological polar surface area (TPSA) is 0 Å². The standard InChI is InChI=1S/C50H86/c1-7-9-11-13-15-17-19-21-23-25-27-29-31-33-37-45-39-35-41-47(43-45)49(3,4)50(5,6)48-42-36-40-46(44-48)38-34-32-30-28-26-24-22-20-18-16-14-12-10-8-2/h35-36,39-44H,7-34,37-38H2,1-6H3. The third-order valence-corrected chi connectivity index (χ3v) is 12.5. The number of benzene rings is 2. The largest absolute Gasteiger partial charge is 0.0654 e. The van der Waals surface area contributed by atoms with Crippen molar-refractivity contribution >= 4 is 0 Å². The van der Waals surface area contributed by atoms with Crippen molar-refractivity contribution in [1.29, 1.82) is 0 Å². The Bertz CT molecular complexity index is 972. The second-order valence-electron chi connectivity index (χ2n) is 17.3. The maximum Gasteiger partial charge on any atom is -0.00119 e. The summed E-state index contributed by atoms with van der Waals surface area (Å²) in [7, 11) is 0. The number of hydrogen-bond donors (Lipinski definition) is 0. The van der Waals surface area contributed by atoms with Crippen LogP contribution in [0.5, 0.6) is 0 Å². The van der Waals surface area contributed by atoms with Gasteiger partial charge in [-0.2, -0.15) is 0 Å². The SMILES string of the molecule is CCCCCCCCCCCCCCCCc1cccc(C(C)(C)C(C)(C)c2cccc(CCCCCCCCCCCCCCCC)c2)c1. The molecule has 0 aliphatic heterocycles. The Kier molecular flexibility index (Phi) is 25.0. The quantitative estimate of drug-likeness (QED) is 0.0656. The molecule has 0 heteroatoms. The van der Waals surface area contributed by atoms with Crippen LogP contribution in [0.1, 0.15) is 244 Å². The Hall–Kier alpha value is -1.56. The Morgan fingerprint density at radius 3 is 0.820 bits per heavy atom. The van der Waals surface area contributed by atoms with Gasteiger partial charge in [0.05, 0.1) is 0 Å². The van der Waals surface area contributed by atoms with E-state index in [-0.39, 0.29) is 10.8 Å². The molecule has 0 bridgehead atoms. The molecule has 0 atom stereocenters. The van der Waals surface area contributed by atoms with Crippen LogP contribution in [0.15, 0.2) is 48.5 Å². The number of aryl methyl sites for hydroxylation is 2. The summed E-state index contributed by atoms with van der Waals surface area (Å²) in [5.41, 5.74) is 6.12. The van der Waals surface area contributed by atoms with Crippen molar-refractivity contribution in [3.05, 3.63) is 70.8 Å². The first-order valence-electron chi connectivity index (χ1n) is 22.5. The van der Waals surface area contributed by atoms with E-state index in [1.165, 1.54) is 215 Å². The molecule has 0 radical (unpaired) electrons. The molecule has 0 fully saturated rings. The van der Waals surface area contributed by atoms with Crippen LogP contribution in [0.2, 0.25) is 0 Å². The lowest BCUT2D eigenvalue weighted by Crippen LogP contribution is -2.40. The molecule has 0 aliphatic rings. The lowest BCUT2D eigenvalue weighted by molar-refractivity contribution is 0.302. The summed E-state index contributed by atoms with van der Waals surface area (Å²) < 4.78 is 0. The van der Waals surface area contributed by atoms with E-state index < -0.39 is 0 Å². The first kappa shape index (κ1) is 44.6. The summed E-state index contributed by atoms with van der Waals surface area (Å²) in [5.74, 6) is 0. The van der Waals surface area contributed by atoms with Gasteiger partial charge in [0.15, 0.2) is 0 Å². The Morgan fingerprint density at radius 1 is 0.320 bits per heavy atom. The average Bonchev–Trinajstić information content (AvgIpc) is 3.12. The third kappa shape index (κ3) is 18.8. The molecule has 0 heterocycles. The maximum atomic E-state index is 2.53. The van der Waals surface area contributed by atoms with E-state index in [0.717, 1.165) is 0 Å². The van der Waals surface area contributed by atoms with Gasteiger partial charge in [-0.1, -0.05) is 257 Å². The van der Waals surface area contributed by atoms with Crippen LogP contribution < -0.4 is 0 Å². The van der Waals surface area contributed by atoms with Crippen LogP contribution >= 0.6 is 0 Å². The zero-order chi connectivity index (χ0) is 36.2. The van der Waals surface area contributed by atoms with E-state index in [2.05, 4.69) is 90.1 Å². The zero-order valence-electron chi connectivity index (χ0n) is 34.8. The highest BCUT2D eigenvalue weighted by atomic mass is 14.4. The van der Waals surface area contributed by atoms with E-state index in [9.17, 15) is 0 Å². The lowest BCUT2D eigenvalue weighted by Gasteiger charge is -2.43. The molecule has 0 aliphatic carbocycles. The number of hydrogen-bond acceptors (Lipinski definition) is 0. The summed E-state index contributed by atoms with van der Waals surface area (Å²) >= 11 is 0. The van der Waals surface area contributed by atoms with Crippen molar-refractivity contribution < 1.29 is 0 Å². The van der Waals surface area contributed by atoms with E-state index in [4.69, 9.17) is 0 Å². The maximum absolute atomic E-state index is 2.53. The van der Waals surface area contributed by atoms with Gasteiger partial charge in [-0.05, 0) is 58.8 Å². The molecule has 0 N–H and O–H groups in total.